The van der Waals surface area contributed by atoms with Crippen molar-refractivity contribution in [3.05, 3.63) is 119 Å². The molecule has 0 spiro atoms. The van der Waals surface area contributed by atoms with Crippen LogP contribution in [0.5, 0.6) is 11.6 Å². The Kier molecular flexibility index (Phi) is 6.91. The molecule has 170 valence electrons. The monoisotopic (exact) mass is 476 g/mol. The summed E-state index contributed by atoms with van der Waals surface area (Å²) in [6, 6.07) is 23.7. The molecule has 0 aliphatic carbocycles. The molecule has 7 nitrogen and oxygen atoms in total. The van der Waals surface area contributed by atoms with E-state index in [1.54, 1.807) is 84.9 Å². The molecule has 4 aromatic rings. The number of aliphatic hydroxyl groups is 1. The molecular formula is C25H18ClFN4O3. The van der Waals surface area contributed by atoms with Crippen LogP contribution in [0.1, 0.15) is 16.7 Å². The average Bonchev–Trinajstić information content (AvgIpc) is 2.87. The first kappa shape index (κ1) is 23.0. The maximum Gasteiger partial charge on any atom is 0.281 e. The van der Waals surface area contributed by atoms with Gasteiger partial charge in [-0.2, -0.15) is 14.5 Å². The summed E-state index contributed by atoms with van der Waals surface area (Å²) in [5.74, 6) is -1.44. The fourth-order valence-corrected chi connectivity index (χ4v) is 3.30. The standard InChI is InChI=1S/C25H18ClFN4O3/c26-24-28-16-21(27)22(30-24)34-20-13-11-17(12-14-20)15-29-31-23(32)25(33,18-7-3-1-4-8-18)19-9-5-2-6-10-19/h1-16,33H,(H,31,32). The Morgan fingerprint density at radius 2 is 1.59 bits per heavy atom. The molecular weight excluding hydrogens is 459 g/mol. The number of aromatic nitrogens is 2. The maximum atomic E-state index is 13.7. The van der Waals surface area contributed by atoms with E-state index in [9.17, 15) is 14.3 Å². The third-order valence-electron chi connectivity index (χ3n) is 4.87. The summed E-state index contributed by atoms with van der Waals surface area (Å²) in [4.78, 5) is 20.2. The zero-order chi connectivity index (χ0) is 24.0. The van der Waals surface area contributed by atoms with Gasteiger partial charge in [0.15, 0.2) is 5.60 Å². The van der Waals surface area contributed by atoms with E-state index < -0.39 is 17.3 Å². The minimum atomic E-state index is -1.93. The van der Waals surface area contributed by atoms with Gasteiger partial charge in [-0.25, -0.2) is 10.4 Å². The van der Waals surface area contributed by atoms with Crippen molar-refractivity contribution in [3.63, 3.8) is 0 Å². The Labute approximate surface area is 199 Å². The second-order valence-electron chi connectivity index (χ2n) is 7.10. The third kappa shape index (κ3) is 5.09. The molecule has 2 N–H and O–H groups in total. The first-order chi connectivity index (χ1) is 16.5. The molecule has 0 saturated heterocycles. The molecule has 0 bridgehead atoms. The van der Waals surface area contributed by atoms with Crippen LogP contribution in [0.25, 0.3) is 0 Å². The Balaban J connectivity index is 1.47. The number of hydrogen-bond donors (Lipinski definition) is 2. The third-order valence-corrected chi connectivity index (χ3v) is 5.05. The number of halogens is 2. The highest BCUT2D eigenvalue weighted by atomic mass is 35.5. The topological polar surface area (TPSA) is 96.7 Å². The van der Waals surface area contributed by atoms with Crippen molar-refractivity contribution in [3.8, 4) is 11.6 Å². The Hall–Kier alpha value is -4.14. The van der Waals surface area contributed by atoms with Gasteiger partial charge in [-0.05, 0) is 52.6 Å². The van der Waals surface area contributed by atoms with Gasteiger partial charge in [0.2, 0.25) is 11.1 Å². The van der Waals surface area contributed by atoms with Gasteiger partial charge in [-0.3, -0.25) is 4.79 Å². The fraction of sp³-hybridized carbons (Fsp3) is 0.0400. The number of hydrazone groups is 1. The quantitative estimate of drug-likeness (QED) is 0.233. The van der Waals surface area contributed by atoms with Crippen LogP contribution < -0.4 is 10.2 Å². The zero-order valence-electron chi connectivity index (χ0n) is 17.6. The summed E-state index contributed by atoms with van der Waals surface area (Å²) >= 11 is 5.66. The van der Waals surface area contributed by atoms with E-state index in [4.69, 9.17) is 16.3 Å². The van der Waals surface area contributed by atoms with Gasteiger partial charge in [-0.1, -0.05) is 60.7 Å². The van der Waals surface area contributed by atoms with Crippen molar-refractivity contribution in [1.82, 2.24) is 15.4 Å². The number of ether oxygens (including phenoxy) is 1. The van der Waals surface area contributed by atoms with Gasteiger partial charge >= 0.3 is 0 Å². The molecule has 3 aromatic carbocycles. The van der Waals surface area contributed by atoms with Gasteiger partial charge in [0.25, 0.3) is 11.8 Å². The molecule has 0 atom stereocenters. The van der Waals surface area contributed by atoms with E-state index in [1.807, 2.05) is 0 Å². The fourth-order valence-electron chi connectivity index (χ4n) is 3.17. The molecule has 0 unspecified atom stereocenters. The molecule has 0 aliphatic heterocycles. The lowest BCUT2D eigenvalue weighted by molar-refractivity contribution is -0.136. The van der Waals surface area contributed by atoms with Crippen LogP contribution in [0, 0.1) is 5.82 Å². The molecule has 1 heterocycles. The predicted octanol–water partition coefficient (Wildman–Crippen LogP) is 4.45. The number of nitrogens with zero attached hydrogens (tertiary/aromatic N) is 3. The molecule has 9 heteroatoms. The van der Waals surface area contributed by atoms with Crippen molar-refractivity contribution in [2.24, 2.45) is 5.10 Å². The van der Waals surface area contributed by atoms with Crippen LogP contribution in [0.15, 0.2) is 96.2 Å². The van der Waals surface area contributed by atoms with E-state index in [0.29, 0.717) is 22.4 Å². The number of carbonyl (C=O) groups excluding carboxylic acids is 1. The van der Waals surface area contributed by atoms with Crippen LogP contribution in [0.3, 0.4) is 0 Å². The lowest BCUT2D eigenvalue weighted by atomic mass is 9.85. The molecule has 0 saturated carbocycles. The second kappa shape index (κ2) is 10.2. The normalized spacial score (nSPS) is 11.4. The van der Waals surface area contributed by atoms with E-state index in [1.165, 1.54) is 6.21 Å². The minimum absolute atomic E-state index is 0.137. The Morgan fingerprint density at radius 1 is 1.00 bits per heavy atom. The van der Waals surface area contributed by atoms with E-state index in [2.05, 4.69) is 20.5 Å². The van der Waals surface area contributed by atoms with Gasteiger partial charge in [0.1, 0.15) is 5.75 Å². The number of nitrogens with one attached hydrogen (secondary N) is 1. The summed E-state index contributed by atoms with van der Waals surface area (Å²) < 4.78 is 19.1. The van der Waals surface area contributed by atoms with Gasteiger partial charge in [-0.15, -0.1) is 0 Å². The van der Waals surface area contributed by atoms with Crippen molar-refractivity contribution in [2.75, 3.05) is 0 Å². The smallest absolute Gasteiger partial charge is 0.281 e. The zero-order valence-corrected chi connectivity index (χ0v) is 18.4. The molecule has 4 rings (SSSR count). The second-order valence-corrected chi connectivity index (χ2v) is 7.44. The van der Waals surface area contributed by atoms with Gasteiger partial charge in [0.05, 0.1) is 12.4 Å². The Bertz CT molecular complexity index is 1260. The highest BCUT2D eigenvalue weighted by Gasteiger charge is 2.39. The van der Waals surface area contributed by atoms with E-state index in [-0.39, 0.29) is 11.2 Å². The molecule has 34 heavy (non-hydrogen) atoms. The summed E-state index contributed by atoms with van der Waals surface area (Å²) in [6.07, 6.45) is 2.32. The number of carbonyl (C=O) groups is 1. The predicted molar refractivity (Wildman–Crippen MR) is 125 cm³/mol. The number of benzene rings is 3. The lowest BCUT2D eigenvalue weighted by Gasteiger charge is -2.27. The molecule has 0 aliphatic rings. The lowest BCUT2D eigenvalue weighted by Crippen LogP contribution is -2.43. The van der Waals surface area contributed by atoms with E-state index in [0.717, 1.165) is 6.20 Å². The number of amides is 1. The van der Waals surface area contributed by atoms with E-state index >= 15 is 0 Å². The molecule has 1 amide bonds. The minimum Gasteiger partial charge on any atom is -0.436 e. The summed E-state index contributed by atoms with van der Waals surface area (Å²) in [7, 11) is 0. The maximum absolute atomic E-state index is 13.7. The molecule has 0 fully saturated rings. The summed E-state index contributed by atoms with van der Waals surface area (Å²) in [5, 5.41) is 15.2. The van der Waals surface area contributed by atoms with Crippen LogP contribution in [0.4, 0.5) is 4.39 Å². The molecule has 1 aromatic heterocycles. The number of hydrogen-bond acceptors (Lipinski definition) is 6. The van der Waals surface area contributed by atoms with Crippen molar-refractivity contribution >= 4 is 23.7 Å². The van der Waals surface area contributed by atoms with Gasteiger partial charge < -0.3 is 9.84 Å². The number of rotatable bonds is 7. The summed E-state index contributed by atoms with van der Waals surface area (Å²) in [5.41, 5.74) is 1.92. The van der Waals surface area contributed by atoms with Crippen LogP contribution in [0.2, 0.25) is 5.28 Å². The SMILES string of the molecule is O=C(NN=Cc1ccc(Oc2nc(Cl)ncc2F)cc1)C(O)(c1ccccc1)c1ccccc1. The van der Waals surface area contributed by atoms with Crippen LogP contribution in [-0.2, 0) is 10.4 Å². The first-order valence-electron chi connectivity index (χ1n) is 10.1. The largest absolute Gasteiger partial charge is 0.436 e. The average molecular weight is 477 g/mol. The van der Waals surface area contributed by atoms with Crippen molar-refractivity contribution < 1.29 is 19.0 Å². The first-order valence-corrected chi connectivity index (χ1v) is 10.5. The van der Waals surface area contributed by atoms with Crippen LogP contribution in [-0.4, -0.2) is 27.2 Å². The highest BCUT2D eigenvalue weighted by Crippen LogP contribution is 2.30. The van der Waals surface area contributed by atoms with Crippen LogP contribution >= 0.6 is 11.6 Å². The Morgan fingerprint density at radius 3 is 2.18 bits per heavy atom. The molecule has 0 radical (unpaired) electrons. The van der Waals surface area contributed by atoms with Crippen molar-refractivity contribution in [1.29, 1.82) is 0 Å². The van der Waals surface area contributed by atoms with Gasteiger partial charge in [0, 0.05) is 0 Å². The van der Waals surface area contributed by atoms with Crippen molar-refractivity contribution in [2.45, 2.75) is 5.60 Å². The highest BCUT2D eigenvalue weighted by molar-refractivity contribution is 6.28. The summed E-state index contributed by atoms with van der Waals surface area (Å²) in [6.45, 7) is 0.